The number of carboxylic acid groups (broad SMARTS) is 1. The van der Waals surface area contributed by atoms with Gasteiger partial charge in [-0.3, -0.25) is 9.59 Å². The van der Waals surface area contributed by atoms with Crippen molar-refractivity contribution in [3.8, 4) is 12.3 Å². The Balaban J connectivity index is 4.54. The molecule has 1 unspecified atom stereocenters. The average Bonchev–Trinajstić information content (AvgIpc) is 2.14. The van der Waals surface area contributed by atoms with E-state index in [1.165, 1.54) is 0 Å². The van der Waals surface area contributed by atoms with Gasteiger partial charge >= 0.3 is 5.97 Å². The molecule has 5 heteroatoms. The molecule has 0 aromatic carbocycles. The SMILES string of the molecule is C#CCN(CC(=O)O)C(=O)CC(N)C(C)(C)C. The van der Waals surface area contributed by atoms with Crippen LogP contribution in [0.1, 0.15) is 27.2 Å². The molecule has 1 atom stereocenters. The largest absolute Gasteiger partial charge is 0.480 e. The van der Waals surface area contributed by atoms with Gasteiger partial charge in [0.1, 0.15) is 6.54 Å². The Bertz CT molecular complexity index is 326. The Hall–Kier alpha value is -1.54. The number of nitrogens with two attached hydrogens (primary N) is 1. The van der Waals surface area contributed by atoms with Crippen LogP contribution in [0.2, 0.25) is 0 Å². The van der Waals surface area contributed by atoms with Crippen LogP contribution < -0.4 is 5.73 Å². The first-order valence-electron chi connectivity index (χ1n) is 5.37. The van der Waals surface area contributed by atoms with Gasteiger partial charge in [0, 0.05) is 12.5 Å². The third kappa shape index (κ3) is 5.93. The molecular weight excluding hydrogens is 220 g/mol. The molecule has 96 valence electrons. The molecule has 0 radical (unpaired) electrons. The molecule has 3 N–H and O–H groups in total. The summed E-state index contributed by atoms with van der Waals surface area (Å²) in [6.07, 6.45) is 5.19. The number of hydrogen-bond donors (Lipinski definition) is 2. The van der Waals surface area contributed by atoms with Crippen molar-refractivity contribution in [2.24, 2.45) is 11.1 Å². The Morgan fingerprint density at radius 1 is 1.47 bits per heavy atom. The third-order valence-corrected chi connectivity index (χ3v) is 2.47. The molecule has 0 spiro atoms. The van der Waals surface area contributed by atoms with Crippen LogP contribution in [0.25, 0.3) is 0 Å². The van der Waals surface area contributed by atoms with Crippen LogP contribution in [0.5, 0.6) is 0 Å². The van der Waals surface area contributed by atoms with E-state index < -0.39 is 5.97 Å². The predicted octanol–water partition coefficient (Wildman–Crippen LogP) is 0.296. The van der Waals surface area contributed by atoms with Gasteiger partial charge in [0.15, 0.2) is 0 Å². The van der Waals surface area contributed by atoms with Crippen LogP contribution in [0.3, 0.4) is 0 Å². The number of amides is 1. The topological polar surface area (TPSA) is 83.6 Å². The summed E-state index contributed by atoms with van der Waals surface area (Å²) in [6, 6.07) is -0.330. The number of hydrogen-bond acceptors (Lipinski definition) is 3. The van der Waals surface area contributed by atoms with Crippen molar-refractivity contribution in [1.29, 1.82) is 0 Å². The molecule has 0 aliphatic rings. The van der Waals surface area contributed by atoms with Crippen molar-refractivity contribution in [3.05, 3.63) is 0 Å². The zero-order valence-electron chi connectivity index (χ0n) is 10.6. The summed E-state index contributed by atoms with van der Waals surface area (Å²) in [5.41, 5.74) is 5.66. The highest BCUT2D eigenvalue weighted by Gasteiger charge is 2.26. The number of terminal acetylenes is 1. The number of carboxylic acids is 1. The minimum absolute atomic E-state index is 0.0119. The molecule has 0 aromatic heterocycles. The number of carbonyl (C=O) groups is 2. The van der Waals surface area contributed by atoms with Crippen LogP contribution in [0.15, 0.2) is 0 Å². The molecule has 0 aliphatic heterocycles. The first-order valence-corrected chi connectivity index (χ1v) is 5.37. The molecule has 5 nitrogen and oxygen atoms in total. The molecular formula is C12H20N2O3. The second kappa shape index (κ2) is 6.26. The van der Waals surface area contributed by atoms with Crippen LogP contribution in [0.4, 0.5) is 0 Å². The lowest BCUT2D eigenvalue weighted by Crippen LogP contribution is -2.43. The van der Waals surface area contributed by atoms with Gasteiger partial charge in [0.2, 0.25) is 5.91 Å². The van der Waals surface area contributed by atoms with E-state index in [0.717, 1.165) is 4.90 Å². The van der Waals surface area contributed by atoms with Gasteiger partial charge in [0.25, 0.3) is 0 Å². The second-order valence-corrected chi connectivity index (χ2v) is 5.02. The summed E-state index contributed by atoms with van der Waals surface area (Å²) in [5.74, 6) is 0.856. The van der Waals surface area contributed by atoms with E-state index in [1.807, 2.05) is 20.8 Å². The standard InChI is InChI=1S/C12H20N2O3/c1-5-6-14(8-11(16)17)10(15)7-9(13)12(2,3)4/h1,9H,6-8,13H2,2-4H3,(H,16,17). The van der Waals surface area contributed by atoms with Gasteiger partial charge in [-0.2, -0.15) is 0 Å². The van der Waals surface area contributed by atoms with E-state index >= 15 is 0 Å². The Labute approximate surface area is 102 Å². The zero-order valence-corrected chi connectivity index (χ0v) is 10.6. The van der Waals surface area contributed by atoms with Crippen molar-refractivity contribution in [3.63, 3.8) is 0 Å². The van der Waals surface area contributed by atoms with Crippen LogP contribution in [0, 0.1) is 17.8 Å². The minimum atomic E-state index is -1.09. The highest BCUT2D eigenvalue weighted by molar-refractivity contribution is 5.82. The molecule has 1 amide bonds. The number of carbonyl (C=O) groups excluding carboxylic acids is 1. The van der Waals surface area contributed by atoms with Crippen LogP contribution in [-0.2, 0) is 9.59 Å². The lowest BCUT2D eigenvalue weighted by molar-refractivity contribution is -0.144. The minimum Gasteiger partial charge on any atom is -0.480 e. The van der Waals surface area contributed by atoms with Gasteiger partial charge in [-0.1, -0.05) is 26.7 Å². The van der Waals surface area contributed by atoms with E-state index in [1.54, 1.807) is 0 Å². The molecule has 0 bridgehead atoms. The Morgan fingerprint density at radius 2 is 2.00 bits per heavy atom. The monoisotopic (exact) mass is 240 g/mol. The van der Waals surface area contributed by atoms with Crippen molar-refractivity contribution < 1.29 is 14.7 Å². The van der Waals surface area contributed by atoms with Crippen molar-refractivity contribution in [1.82, 2.24) is 4.90 Å². The van der Waals surface area contributed by atoms with Gasteiger partial charge in [0.05, 0.1) is 6.54 Å². The normalized spacial score (nSPS) is 12.6. The van der Waals surface area contributed by atoms with Gasteiger partial charge < -0.3 is 15.7 Å². The van der Waals surface area contributed by atoms with Crippen molar-refractivity contribution >= 4 is 11.9 Å². The molecule has 0 saturated heterocycles. The average molecular weight is 240 g/mol. The van der Waals surface area contributed by atoms with E-state index in [2.05, 4.69) is 5.92 Å². The summed E-state index contributed by atoms with van der Waals surface area (Å²) in [6.45, 7) is 5.37. The lowest BCUT2D eigenvalue weighted by atomic mass is 9.85. The fourth-order valence-electron chi connectivity index (χ4n) is 1.13. The Kier molecular flexibility index (Phi) is 5.69. The maximum absolute atomic E-state index is 11.8. The first kappa shape index (κ1) is 15.5. The van der Waals surface area contributed by atoms with E-state index in [4.69, 9.17) is 17.3 Å². The summed E-state index contributed by atoms with van der Waals surface area (Å²) < 4.78 is 0. The van der Waals surface area contributed by atoms with E-state index in [0.29, 0.717) is 0 Å². The molecule has 17 heavy (non-hydrogen) atoms. The number of aliphatic carboxylic acids is 1. The summed E-state index contributed by atoms with van der Waals surface area (Å²) in [4.78, 5) is 23.5. The van der Waals surface area contributed by atoms with Crippen molar-refractivity contribution in [2.75, 3.05) is 13.1 Å². The fourth-order valence-corrected chi connectivity index (χ4v) is 1.13. The molecule has 0 rings (SSSR count). The fraction of sp³-hybridized carbons (Fsp3) is 0.667. The van der Waals surface area contributed by atoms with E-state index in [9.17, 15) is 9.59 Å². The second-order valence-electron chi connectivity index (χ2n) is 5.02. The quantitative estimate of drug-likeness (QED) is 0.677. The van der Waals surface area contributed by atoms with Gasteiger partial charge in [-0.05, 0) is 5.41 Å². The van der Waals surface area contributed by atoms with Crippen LogP contribution in [-0.4, -0.2) is 41.0 Å². The predicted molar refractivity (Wildman–Crippen MR) is 65.1 cm³/mol. The first-order chi connectivity index (χ1) is 7.68. The van der Waals surface area contributed by atoms with E-state index in [-0.39, 0.29) is 36.9 Å². The summed E-state index contributed by atoms with van der Waals surface area (Å²) >= 11 is 0. The van der Waals surface area contributed by atoms with Crippen LogP contribution >= 0.6 is 0 Å². The highest BCUT2D eigenvalue weighted by atomic mass is 16.4. The van der Waals surface area contributed by atoms with Crippen molar-refractivity contribution in [2.45, 2.75) is 33.2 Å². The Morgan fingerprint density at radius 3 is 2.35 bits per heavy atom. The smallest absolute Gasteiger partial charge is 0.323 e. The molecule has 0 saturated carbocycles. The highest BCUT2D eigenvalue weighted by Crippen LogP contribution is 2.20. The summed E-state index contributed by atoms with van der Waals surface area (Å²) in [7, 11) is 0. The van der Waals surface area contributed by atoms with Gasteiger partial charge in [-0.25, -0.2) is 0 Å². The zero-order chi connectivity index (χ0) is 13.6. The molecule has 0 aliphatic carbocycles. The summed E-state index contributed by atoms with van der Waals surface area (Å²) in [5, 5.41) is 8.66. The number of nitrogens with zero attached hydrogens (tertiary/aromatic N) is 1. The molecule has 0 aromatic rings. The molecule has 0 heterocycles. The maximum atomic E-state index is 11.8. The number of rotatable bonds is 5. The van der Waals surface area contributed by atoms with Gasteiger partial charge in [-0.15, -0.1) is 6.42 Å². The third-order valence-electron chi connectivity index (χ3n) is 2.47. The maximum Gasteiger partial charge on any atom is 0.323 e. The lowest BCUT2D eigenvalue weighted by Gasteiger charge is -2.28. The molecule has 0 fully saturated rings.